The molecule has 0 bridgehead atoms. The molecule has 0 aliphatic rings. The highest BCUT2D eigenvalue weighted by Gasteiger charge is 2.33. The number of rotatable bonds is 5. The average molecular weight is 225 g/mol. The Morgan fingerprint density at radius 3 is 2.46 bits per heavy atom. The van der Waals surface area contributed by atoms with Gasteiger partial charge in [0.2, 0.25) is 10.2 Å². The Morgan fingerprint density at radius 1 is 1.54 bits per heavy atom. The molecule has 0 saturated carbocycles. The third-order valence-corrected chi connectivity index (χ3v) is 1.83. The van der Waals surface area contributed by atoms with Gasteiger partial charge in [-0.2, -0.15) is 0 Å². The molecular weight excluding hydrogens is 215 g/mol. The SMILES string of the molecule is C=CCNC(=O)CC(Cl)(Cl)C(N)=O. The fourth-order valence-electron chi connectivity index (χ4n) is 0.537. The molecule has 2 amide bonds. The molecule has 0 saturated heterocycles. The Labute approximate surface area is 86.1 Å². The maximum Gasteiger partial charge on any atom is 0.254 e. The maximum absolute atomic E-state index is 11.0. The summed E-state index contributed by atoms with van der Waals surface area (Å²) in [6.07, 6.45) is 1.13. The van der Waals surface area contributed by atoms with E-state index in [9.17, 15) is 9.59 Å². The molecule has 0 heterocycles. The van der Waals surface area contributed by atoms with Crippen molar-refractivity contribution in [3.05, 3.63) is 12.7 Å². The van der Waals surface area contributed by atoms with Crippen molar-refractivity contribution in [1.82, 2.24) is 5.32 Å². The number of halogens is 2. The fraction of sp³-hybridized carbons (Fsp3) is 0.429. The molecule has 0 aliphatic carbocycles. The van der Waals surface area contributed by atoms with E-state index < -0.39 is 16.1 Å². The van der Waals surface area contributed by atoms with Crippen LogP contribution in [0, 0.1) is 0 Å². The van der Waals surface area contributed by atoms with Crippen molar-refractivity contribution in [3.8, 4) is 0 Å². The average Bonchev–Trinajstić information content (AvgIpc) is 1.99. The van der Waals surface area contributed by atoms with Crippen molar-refractivity contribution >= 4 is 35.0 Å². The molecule has 0 spiro atoms. The van der Waals surface area contributed by atoms with Gasteiger partial charge in [-0.25, -0.2) is 0 Å². The first-order valence-electron chi connectivity index (χ1n) is 3.45. The second-order valence-electron chi connectivity index (χ2n) is 2.34. The molecule has 0 aromatic rings. The van der Waals surface area contributed by atoms with Crippen LogP contribution in [-0.2, 0) is 9.59 Å². The summed E-state index contributed by atoms with van der Waals surface area (Å²) in [5, 5.41) is 2.41. The van der Waals surface area contributed by atoms with E-state index in [1.165, 1.54) is 6.08 Å². The minimum absolute atomic E-state index is 0.293. The van der Waals surface area contributed by atoms with Crippen molar-refractivity contribution in [3.63, 3.8) is 0 Å². The summed E-state index contributed by atoms with van der Waals surface area (Å²) in [6, 6.07) is 0. The van der Waals surface area contributed by atoms with Crippen molar-refractivity contribution in [2.45, 2.75) is 10.8 Å². The Hall–Kier alpha value is -0.740. The van der Waals surface area contributed by atoms with E-state index in [2.05, 4.69) is 11.9 Å². The lowest BCUT2D eigenvalue weighted by atomic mass is 10.2. The molecular formula is C7H10Cl2N2O2. The van der Waals surface area contributed by atoms with Crippen molar-refractivity contribution in [1.29, 1.82) is 0 Å². The van der Waals surface area contributed by atoms with Crippen LogP contribution in [0.4, 0.5) is 0 Å². The van der Waals surface area contributed by atoms with Gasteiger partial charge in [0, 0.05) is 6.54 Å². The van der Waals surface area contributed by atoms with Gasteiger partial charge in [-0.15, -0.1) is 6.58 Å². The topological polar surface area (TPSA) is 72.2 Å². The molecule has 0 fully saturated rings. The number of hydrogen-bond donors (Lipinski definition) is 2. The van der Waals surface area contributed by atoms with Crippen LogP contribution < -0.4 is 11.1 Å². The summed E-state index contributed by atoms with van der Waals surface area (Å²) >= 11 is 10.9. The number of alkyl halides is 2. The predicted molar refractivity (Wildman–Crippen MR) is 51.5 cm³/mol. The van der Waals surface area contributed by atoms with E-state index in [0.29, 0.717) is 6.54 Å². The zero-order valence-corrected chi connectivity index (χ0v) is 8.36. The summed E-state index contributed by atoms with van der Waals surface area (Å²) < 4.78 is -1.84. The van der Waals surface area contributed by atoms with Gasteiger partial charge in [-0.1, -0.05) is 29.3 Å². The van der Waals surface area contributed by atoms with E-state index in [1.807, 2.05) is 0 Å². The van der Waals surface area contributed by atoms with Gasteiger partial charge in [-0.3, -0.25) is 9.59 Å². The van der Waals surface area contributed by atoms with Crippen LogP contribution >= 0.6 is 23.2 Å². The smallest absolute Gasteiger partial charge is 0.254 e. The van der Waals surface area contributed by atoms with Gasteiger partial charge in [0.1, 0.15) is 0 Å². The number of primary amides is 1. The van der Waals surface area contributed by atoms with Crippen LogP contribution in [0.1, 0.15) is 6.42 Å². The number of nitrogens with two attached hydrogens (primary N) is 1. The second kappa shape index (κ2) is 5.09. The number of hydrogen-bond acceptors (Lipinski definition) is 2. The Balaban J connectivity index is 4.04. The zero-order valence-electron chi connectivity index (χ0n) is 6.85. The highest BCUT2D eigenvalue weighted by atomic mass is 35.5. The minimum atomic E-state index is -1.84. The quantitative estimate of drug-likeness (QED) is 0.523. The first-order chi connectivity index (χ1) is 5.90. The van der Waals surface area contributed by atoms with Gasteiger partial charge < -0.3 is 11.1 Å². The molecule has 0 aromatic carbocycles. The number of amides is 2. The van der Waals surface area contributed by atoms with E-state index in [4.69, 9.17) is 28.9 Å². The second-order valence-corrected chi connectivity index (χ2v) is 3.82. The summed E-state index contributed by atoms with van der Waals surface area (Å²) in [5.74, 6) is -1.40. The Kier molecular flexibility index (Phi) is 4.80. The summed E-state index contributed by atoms with van der Waals surface area (Å²) in [7, 11) is 0. The van der Waals surface area contributed by atoms with Crippen LogP contribution in [0.3, 0.4) is 0 Å². The summed E-state index contributed by atoms with van der Waals surface area (Å²) in [5.41, 5.74) is 4.84. The first-order valence-corrected chi connectivity index (χ1v) is 4.21. The predicted octanol–water partition coefficient (Wildman–Crippen LogP) is 0.338. The van der Waals surface area contributed by atoms with Crippen molar-refractivity contribution < 1.29 is 9.59 Å². The van der Waals surface area contributed by atoms with Crippen LogP contribution in [0.2, 0.25) is 0 Å². The molecule has 13 heavy (non-hydrogen) atoms. The lowest BCUT2D eigenvalue weighted by Crippen LogP contribution is -2.38. The summed E-state index contributed by atoms with van der Waals surface area (Å²) in [4.78, 5) is 21.6. The molecule has 0 aromatic heterocycles. The minimum Gasteiger partial charge on any atom is -0.367 e. The van der Waals surface area contributed by atoms with E-state index >= 15 is 0 Å². The van der Waals surface area contributed by atoms with Gasteiger partial charge in [0.25, 0.3) is 5.91 Å². The van der Waals surface area contributed by atoms with E-state index in [-0.39, 0.29) is 6.42 Å². The molecule has 6 heteroatoms. The number of nitrogens with one attached hydrogen (secondary N) is 1. The molecule has 74 valence electrons. The lowest BCUT2D eigenvalue weighted by molar-refractivity contribution is -0.125. The molecule has 3 N–H and O–H groups in total. The molecule has 0 atom stereocenters. The zero-order chi connectivity index (χ0) is 10.5. The van der Waals surface area contributed by atoms with Crippen LogP contribution in [-0.4, -0.2) is 22.7 Å². The standard InChI is InChI=1S/C7H10Cl2N2O2/c1-2-3-11-5(12)4-7(8,9)6(10)13/h2H,1,3-4H2,(H2,10,13)(H,11,12). The maximum atomic E-state index is 11.0. The van der Waals surface area contributed by atoms with Crippen molar-refractivity contribution in [2.75, 3.05) is 6.54 Å². The van der Waals surface area contributed by atoms with Gasteiger partial charge in [0.05, 0.1) is 6.42 Å². The van der Waals surface area contributed by atoms with Gasteiger partial charge in [0.15, 0.2) is 0 Å². The monoisotopic (exact) mass is 224 g/mol. The van der Waals surface area contributed by atoms with Crippen LogP contribution in [0.25, 0.3) is 0 Å². The largest absolute Gasteiger partial charge is 0.367 e. The highest BCUT2D eigenvalue weighted by molar-refractivity contribution is 6.58. The third-order valence-electron chi connectivity index (χ3n) is 1.19. The fourth-order valence-corrected chi connectivity index (χ4v) is 0.780. The highest BCUT2D eigenvalue weighted by Crippen LogP contribution is 2.24. The molecule has 0 unspecified atom stereocenters. The van der Waals surface area contributed by atoms with Crippen molar-refractivity contribution in [2.24, 2.45) is 5.73 Å². The van der Waals surface area contributed by atoms with E-state index in [0.717, 1.165) is 0 Å². The first kappa shape index (κ1) is 12.3. The van der Waals surface area contributed by atoms with Crippen LogP contribution in [0.15, 0.2) is 12.7 Å². The number of carbonyl (C=O) groups is 2. The molecule has 0 radical (unpaired) electrons. The Bertz CT molecular complexity index is 229. The molecule has 4 nitrogen and oxygen atoms in total. The normalized spacial score (nSPS) is 10.6. The van der Waals surface area contributed by atoms with Crippen LogP contribution in [0.5, 0.6) is 0 Å². The van der Waals surface area contributed by atoms with E-state index in [1.54, 1.807) is 0 Å². The molecule has 0 aliphatic heterocycles. The van der Waals surface area contributed by atoms with Gasteiger partial charge >= 0.3 is 0 Å². The number of carbonyl (C=O) groups excluding carboxylic acids is 2. The molecule has 0 rings (SSSR count). The Morgan fingerprint density at radius 2 is 2.08 bits per heavy atom. The summed E-state index contributed by atoms with van der Waals surface area (Å²) in [6.45, 7) is 3.69. The lowest BCUT2D eigenvalue weighted by Gasteiger charge is -2.13. The third kappa shape index (κ3) is 4.75. The van der Waals surface area contributed by atoms with Gasteiger partial charge in [-0.05, 0) is 0 Å².